The molecule has 20 heavy (non-hydrogen) atoms. The standard InChI is InChI=1S/C12H16BrN3O4/c1-7-9(16(18)19)5-14-11(10(7)13)15-6-12(17)3-4-20-8(12)2/h5,8,17H,3-4,6H2,1-2H3,(H,14,15). The zero-order valence-corrected chi connectivity index (χ0v) is 12.8. The second-order valence-electron chi connectivity index (χ2n) is 4.91. The van der Waals surface area contributed by atoms with Crippen molar-refractivity contribution in [3.05, 3.63) is 26.3 Å². The Morgan fingerprint density at radius 3 is 3.00 bits per heavy atom. The summed E-state index contributed by atoms with van der Waals surface area (Å²) in [5.41, 5.74) is -0.495. The van der Waals surface area contributed by atoms with Crippen molar-refractivity contribution in [3.63, 3.8) is 0 Å². The van der Waals surface area contributed by atoms with Gasteiger partial charge in [-0.25, -0.2) is 4.98 Å². The number of nitrogens with one attached hydrogen (secondary N) is 1. The Morgan fingerprint density at radius 1 is 1.75 bits per heavy atom. The largest absolute Gasteiger partial charge is 0.385 e. The molecule has 2 atom stereocenters. The Hall–Kier alpha value is -1.25. The van der Waals surface area contributed by atoms with Gasteiger partial charge in [-0.3, -0.25) is 10.1 Å². The number of hydrogen-bond donors (Lipinski definition) is 2. The van der Waals surface area contributed by atoms with Gasteiger partial charge in [-0.1, -0.05) is 0 Å². The van der Waals surface area contributed by atoms with Gasteiger partial charge in [-0.15, -0.1) is 0 Å². The summed E-state index contributed by atoms with van der Waals surface area (Å²) < 4.78 is 5.88. The van der Waals surface area contributed by atoms with Crippen molar-refractivity contribution < 1.29 is 14.8 Å². The van der Waals surface area contributed by atoms with Crippen LogP contribution in [0, 0.1) is 17.0 Å². The Kier molecular flexibility index (Phi) is 4.26. The molecule has 2 rings (SSSR count). The van der Waals surface area contributed by atoms with Gasteiger partial charge in [0.2, 0.25) is 0 Å². The summed E-state index contributed by atoms with van der Waals surface area (Å²) >= 11 is 3.30. The molecule has 1 aliphatic rings. The summed E-state index contributed by atoms with van der Waals surface area (Å²) in [5.74, 6) is 0.473. The Bertz CT molecular complexity index is 540. The molecule has 0 aromatic carbocycles. The first-order valence-electron chi connectivity index (χ1n) is 6.22. The van der Waals surface area contributed by atoms with Crippen LogP contribution in [-0.4, -0.2) is 39.9 Å². The van der Waals surface area contributed by atoms with Crippen LogP contribution >= 0.6 is 15.9 Å². The maximum atomic E-state index is 10.8. The third kappa shape index (κ3) is 2.77. The predicted octanol–water partition coefficient (Wildman–Crippen LogP) is 2.01. The zero-order valence-electron chi connectivity index (χ0n) is 11.2. The molecule has 8 heteroatoms. The van der Waals surface area contributed by atoms with Crippen LogP contribution in [0.2, 0.25) is 0 Å². The molecule has 0 aliphatic carbocycles. The van der Waals surface area contributed by atoms with Crippen LogP contribution in [-0.2, 0) is 4.74 Å². The summed E-state index contributed by atoms with van der Waals surface area (Å²) in [6.45, 7) is 4.26. The lowest BCUT2D eigenvalue weighted by molar-refractivity contribution is -0.385. The highest BCUT2D eigenvalue weighted by Gasteiger charge is 2.39. The third-order valence-electron chi connectivity index (χ3n) is 3.66. The highest BCUT2D eigenvalue weighted by Crippen LogP contribution is 2.32. The molecule has 0 amide bonds. The molecule has 1 saturated heterocycles. The molecule has 0 spiro atoms. The van der Waals surface area contributed by atoms with Crippen molar-refractivity contribution in [2.24, 2.45) is 0 Å². The van der Waals surface area contributed by atoms with E-state index in [0.29, 0.717) is 28.9 Å². The topological polar surface area (TPSA) is 97.5 Å². The molecule has 7 nitrogen and oxygen atoms in total. The molecule has 1 aromatic rings. The first-order valence-corrected chi connectivity index (χ1v) is 7.02. The maximum absolute atomic E-state index is 10.8. The molecule has 0 radical (unpaired) electrons. The third-order valence-corrected chi connectivity index (χ3v) is 4.63. The Labute approximate surface area is 124 Å². The van der Waals surface area contributed by atoms with Gasteiger partial charge in [0, 0.05) is 25.1 Å². The minimum Gasteiger partial charge on any atom is -0.385 e. The van der Waals surface area contributed by atoms with Gasteiger partial charge >= 0.3 is 0 Å². The summed E-state index contributed by atoms with van der Waals surface area (Å²) in [7, 11) is 0. The van der Waals surface area contributed by atoms with E-state index in [1.165, 1.54) is 6.20 Å². The zero-order chi connectivity index (χ0) is 14.9. The van der Waals surface area contributed by atoms with Gasteiger partial charge in [-0.05, 0) is 29.8 Å². The summed E-state index contributed by atoms with van der Waals surface area (Å²) in [6.07, 6.45) is 1.50. The van der Waals surface area contributed by atoms with Crippen molar-refractivity contribution in [2.45, 2.75) is 32.0 Å². The lowest BCUT2D eigenvalue weighted by Gasteiger charge is -2.26. The van der Waals surface area contributed by atoms with Crippen LogP contribution in [0.15, 0.2) is 10.7 Å². The Morgan fingerprint density at radius 2 is 2.45 bits per heavy atom. The van der Waals surface area contributed by atoms with E-state index < -0.39 is 10.5 Å². The average molecular weight is 346 g/mol. The fourth-order valence-electron chi connectivity index (χ4n) is 2.12. The number of ether oxygens (including phenoxy) is 1. The van der Waals surface area contributed by atoms with Gasteiger partial charge in [0.05, 0.1) is 15.5 Å². The molecular weight excluding hydrogens is 330 g/mol. The molecule has 110 valence electrons. The lowest BCUT2D eigenvalue weighted by atomic mass is 9.97. The first kappa shape index (κ1) is 15.1. The van der Waals surface area contributed by atoms with Crippen LogP contribution in [0.1, 0.15) is 18.9 Å². The molecule has 2 heterocycles. The second-order valence-corrected chi connectivity index (χ2v) is 5.70. The van der Waals surface area contributed by atoms with Crippen LogP contribution in [0.4, 0.5) is 11.5 Å². The highest BCUT2D eigenvalue weighted by molar-refractivity contribution is 9.10. The number of nitro groups is 1. The van der Waals surface area contributed by atoms with Crippen LogP contribution < -0.4 is 5.32 Å². The average Bonchev–Trinajstić information content (AvgIpc) is 2.71. The molecular formula is C12H16BrN3O4. The molecule has 0 bridgehead atoms. The van der Waals surface area contributed by atoms with Gasteiger partial charge in [0.25, 0.3) is 5.69 Å². The van der Waals surface area contributed by atoms with Crippen molar-refractivity contribution in [1.82, 2.24) is 4.98 Å². The van der Waals surface area contributed by atoms with Crippen molar-refractivity contribution in [3.8, 4) is 0 Å². The second kappa shape index (κ2) is 5.63. The number of aromatic nitrogens is 1. The SMILES string of the molecule is Cc1c([N+](=O)[O-])cnc(NCC2(O)CCOC2C)c1Br. The minimum absolute atomic E-state index is 0.0429. The van der Waals surface area contributed by atoms with Gasteiger partial charge in [0.1, 0.15) is 17.6 Å². The smallest absolute Gasteiger partial charge is 0.291 e. The number of nitrogens with zero attached hydrogens (tertiary/aromatic N) is 2. The number of hydrogen-bond acceptors (Lipinski definition) is 6. The molecule has 1 aromatic heterocycles. The van der Waals surface area contributed by atoms with Crippen molar-refractivity contribution in [1.29, 1.82) is 0 Å². The number of rotatable bonds is 4. The van der Waals surface area contributed by atoms with Crippen molar-refractivity contribution in [2.75, 3.05) is 18.5 Å². The Balaban J connectivity index is 2.15. The monoisotopic (exact) mass is 345 g/mol. The lowest BCUT2D eigenvalue weighted by Crippen LogP contribution is -2.43. The maximum Gasteiger partial charge on any atom is 0.291 e. The van der Waals surface area contributed by atoms with Crippen LogP contribution in [0.5, 0.6) is 0 Å². The van der Waals surface area contributed by atoms with E-state index in [2.05, 4.69) is 26.2 Å². The summed E-state index contributed by atoms with van der Waals surface area (Å²) in [4.78, 5) is 14.4. The molecule has 1 aliphatic heterocycles. The van der Waals surface area contributed by atoms with E-state index >= 15 is 0 Å². The number of anilines is 1. The molecule has 2 N–H and O–H groups in total. The van der Waals surface area contributed by atoms with Crippen LogP contribution in [0.3, 0.4) is 0 Å². The van der Waals surface area contributed by atoms with E-state index in [-0.39, 0.29) is 18.3 Å². The van der Waals surface area contributed by atoms with E-state index in [0.717, 1.165) is 0 Å². The fourth-order valence-corrected chi connectivity index (χ4v) is 2.56. The molecule has 2 unspecified atom stereocenters. The number of halogens is 1. The quantitative estimate of drug-likeness (QED) is 0.639. The van der Waals surface area contributed by atoms with E-state index in [1.54, 1.807) is 6.92 Å². The summed E-state index contributed by atoms with van der Waals surface area (Å²) in [6, 6.07) is 0. The summed E-state index contributed by atoms with van der Waals surface area (Å²) in [5, 5.41) is 24.2. The number of pyridine rings is 1. The van der Waals surface area contributed by atoms with E-state index in [4.69, 9.17) is 4.74 Å². The van der Waals surface area contributed by atoms with E-state index in [9.17, 15) is 15.2 Å². The van der Waals surface area contributed by atoms with Gasteiger partial charge in [0.15, 0.2) is 0 Å². The van der Waals surface area contributed by atoms with Crippen molar-refractivity contribution >= 4 is 27.4 Å². The predicted molar refractivity (Wildman–Crippen MR) is 76.8 cm³/mol. The van der Waals surface area contributed by atoms with Gasteiger partial charge < -0.3 is 15.2 Å². The highest BCUT2D eigenvalue weighted by atomic mass is 79.9. The normalized spacial score (nSPS) is 25.7. The minimum atomic E-state index is -0.948. The van der Waals surface area contributed by atoms with Gasteiger partial charge in [-0.2, -0.15) is 0 Å². The molecule has 0 saturated carbocycles. The molecule has 1 fully saturated rings. The first-order chi connectivity index (χ1) is 9.35. The number of aliphatic hydroxyl groups is 1. The fraction of sp³-hybridized carbons (Fsp3) is 0.583. The van der Waals surface area contributed by atoms with Crippen LogP contribution in [0.25, 0.3) is 0 Å². The van der Waals surface area contributed by atoms with E-state index in [1.807, 2.05) is 6.92 Å².